The zero-order chi connectivity index (χ0) is 60.4. The van der Waals surface area contributed by atoms with Gasteiger partial charge in [0.2, 0.25) is 6.29 Å². The van der Waals surface area contributed by atoms with E-state index in [0.717, 1.165) is 31.3 Å². The lowest BCUT2D eigenvalue weighted by Crippen LogP contribution is -2.66. The quantitative estimate of drug-likeness (QED) is 0.0572. The van der Waals surface area contributed by atoms with Crippen LogP contribution in [-0.4, -0.2) is 251 Å². The van der Waals surface area contributed by atoms with Crippen molar-refractivity contribution >= 4 is 5.97 Å². The van der Waals surface area contributed by atoms with Crippen molar-refractivity contribution in [2.75, 3.05) is 19.8 Å². The molecule has 25 nitrogen and oxygen atoms in total. The fourth-order valence-electron chi connectivity index (χ4n) is 17.1. The van der Waals surface area contributed by atoms with Gasteiger partial charge in [-0.25, -0.2) is 0 Å². The van der Waals surface area contributed by atoms with E-state index in [1.54, 1.807) is 0 Å². The molecule has 9 fully saturated rings. The fraction of sp³-hybridized carbons (Fsp3) is 0.914. The molecule has 0 amide bonds. The molecule has 14 N–H and O–H groups in total. The normalized spacial score (nSPS) is 54.5. The van der Waals surface area contributed by atoms with E-state index in [1.165, 1.54) is 19.4 Å². The van der Waals surface area contributed by atoms with Gasteiger partial charge in [-0.15, -0.1) is 0 Å². The van der Waals surface area contributed by atoms with Crippen molar-refractivity contribution in [2.45, 2.75) is 266 Å². The average molecular weight is 1190 g/mol. The maximum Gasteiger partial charge on any atom is 0.315 e. The standard InChI is InChI=1S/C58H92O25/c1-23-11-16-58(53(73)83-51-44(71)40(67)37(64)30(79-51)22-75-48-45(72)41(68)46(29(20-59)78-48)81-49-42(69)38(65)34(61)24(2)76-49)18-17-56(7)26(27(58)19-23)9-10-32-55(6)14-13-33(54(4,5)31(55)12-15-57(32,56)8)80-52-47(36(63)28(60)21-74-52)82-50-43(70)39(66)35(62)25(3)77-50/h9,24-25,27-52,59-72H,1,10-22H2,2-8H3/t24-,25-,27-,28-,29+,30+,31-,32+,33+,34-,35-,36-,37+,38+,39+,40-,41+,42+,43+,44+,45+,46+,47+,48+,49-,50-,51-,52-,55-,56+,57+,58-/m1/s1. The number of rotatable bonds is 12. The summed E-state index contributed by atoms with van der Waals surface area (Å²) < 4.78 is 59.4. The lowest BCUT2D eigenvalue weighted by Gasteiger charge is -2.71. The third-order valence-electron chi connectivity index (χ3n) is 22.5. The molecule has 83 heavy (non-hydrogen) atoms. The highest BCUT2D eigenvalue weighted by Gasteiger charge is 2.70. The minimum Gasteiger partial charge on any atom is -0.432 e. The van der Waals surface area contributed by atoms with Gasteiger partial charge in [-0.3, -0.25) is 4.79 Å². The predicted octanol–water partition coefficient (Wildman–Crippen LogP) is -1.99. The molecule has 5 aliphatic heterocycles. The van der Waals surface area contributed by atoms with Crippen molar-refractivity contribution in [1.29, 1.82) is 0 Å². The van der Waals surface area contributed by atoms with Gasteiger partial charge in [0.1, 0.15) is 104 Å². The summed E-state index contributed by atoms with van der Waals surface area (Å²) in [5.74, 6) is -0.574. The average Bonchev–Trinajstić information content (AvgIpc) is 0.778. The number of fused-ring (bicyclic) bond motifs is 7. The van der Waals surface area contributed by atoms with E-state index in [1.807, 2.05) is 0 Å². The molecule has 0 aromatic carbocycles. The van der Waals surface area contributed by atoms with E-state index < -0.39 is 177 Å². The first kappa shape index (κ1) is 64.0. The largest absolute Gasteiger partial charge is 0.432 e. The Balaban J connectivity index is 0.815. The third-order valence-corrected chi connectivity index (χ3v) is 22.5. The van der Waals surface area contributed by atoms with E-state index in [4.69, 9.17) is 47.4 Å². The number of esters is 1. The van der Waals surface area contributed by atoms with E-state index >= 15 is 4.79 Å². The lowest BCUT2D eigenvalue weighted by atomic mass is 9.34. The molecule has 0 radical (unpaired) electrons. The van der Waals surface area contributed by atoms with Crippen LogP contribution in [0.4, 0.5) is 0 Å². The number of ether oxygens (including phenoxy) is 10. The molecule has 5 heterocycles. The summed E-state index contributed by atoms with van der Waals surface area (Å²) in [5.41, 5.74) is -0.119. The Kier molecular flexibility index (Phi) is 18.3. The lowest BCUT2D eigenvalue weighted by molar-refractivity contribution is -0.364. The van der Waals surface area contributed by atoms with Gasteiger partial charge in [-0.1, -0.05) is 58.4 Å². The topological polar surface area (TPSA) is 393 Å². The third kappa shape index (κ3) is 10.7. The van der Waals surface area contributed by atoms with Crippen molar-refractivity contribution in [1.82, 2.24) is 0 Å². The molecular formula is C58H92O25. The number of aliphatic hydroxyl groups excluding tert-OH is 14. The SMILES string of the molecule is C=C1CC[C@@]2(C(=O)O[C@H]3O[C@@H](CO[C@H]4O[C@@H](CO)[C@H](O[C@H]5O[C@H](C)[C@@H](O)[C@H](O)[C@@H]5O)[C@@H](O)[C@@H]4O)[C@H](O)[C@@H](O)[C@@H]3O)CC[C@@]3(C)C(=CC[C@H]4[C@]5(C)CC[C@H](O[C@H]6OC[C@@H](O)[C@@H](O)[C@@H]6O[C@H]6O[C@H](C)[C@@H](O)[C@H](O)[C@@H]6O)C(C)(C)[C@H]5CC[C@@]43C)[C@H]2C1. The predicted molar refractivity (Wildman–Crippen MR) is 282 cm³/mol. The Morgan fingerprint density at radius 1 is 0.602 bits per heavy atom. The zero-order valence-corrected chi connectivity index (χ0v) is 48.4. The van der Waals surface area contributed by atoms with Crippen LogP contribution in [0.3, 0.4) is 0 Å². The van der Waals surface area contributed by atoms with Crippen LogP contribution in [0.5, 0.6) is 0 Å². The van der Waals surface area contributed by atoms with Crippen molar-refractivity contribution in [3.05, 3.63) is 23.8 Å². The Morgan fingerprint density at radius 2 is 1.19 bits per heavy atom. The summed E-state index contributed by atoms with van der Waals surface area (Å²) in [4.78, 5) is 15.1. The number of hydrogen-bond acceptors (Lipinski definition) is 25. The van der Waals surface area contributed by atoms with E-state index in [9.17, 15) is 71.5 Å². The molecule has 10 rings (SSSR count). The number of allylic oxidation sites excluding steroid dienone is 3. The molecular weight excluding hydrogens is 1100 g/mol. The molecule has 474 valence electrons. The summed E-state index contributed by atoms with van der Waals surface area (Å²) in [7, 11) is 0. The summed E-state index contributed by atoms with van der Waals surface area (Å²) in [6.45, 7) is 17.2. The van der Waals surface area contributed by atoms with Crippen molar-refractivity contribution in [3.8, 4) is 0 Å². The first-order valence-corrected chi connectivity index (χ1v) is 29.8. The first-order valence-electron chi connectivity index (χ1n) is 29.8. The van der Waals surface area contributed by atoms with Crippen molar-refractivity contribution in [3.63, 3.8) is 0 Å². The number of carbonyl (C=O) groups is 1. The Bertz CT molecular complexity index is 2340. The number of carbonyl (C=O) groups excluding carboxylic acids is 1. The number of hydrogen-bond donors (Lipinski definition) is 14. The minimum atomic E-state index is -1.89. The first-order chi connectivity index (χ1) is 38.9. The zero-order valence-electron chi connectivity index (χ0n) is 48.4. The molecule has 10 aliphatic rings. The Morgan fingerprint density at radius 3 is 1.83 bits per heavy atom. The van der Waals surface area contributed by atoms with Crippen LogP contribution in [-0.2, 0) is 52.2 Å². The molecule has 4 saturated carbocycles. The minimum absolute atomic E-state index is 0.161. The Hall–Kier alpha value is -1.97. The monoisotopic (exact) mass is 1190 g/mol. The summed E-state index contributed by atoms with van der Waals surface area (Å²) >= 11 is 0. The van der Waals surface area contributed by atoms with Gasteiger partial charge in [0, 0.05) is 5.92 Å². The van der Waals surface area contributed by atoms with Crippen LogP contribution in [0.2, 0.25) is 0 Å². The van der Waals surface area contributed by atoms with Crippen LogP contribution in [0.25, 0.3) is 0 Å². The Labute approximate surface area is 483 Å². The maximum absolute atomic E-state index is 15.1. The molecule has 0 bridgehead atoms. The molecule has 0 aromatic heterocycles. The van der Waals surface area contributed by atoms with Gasteiger partial charge in [0.15, 0.2) is 25.2 Å². The highest BCUT2D eigenvalue weighted by molar-refractivity contribution is 5.79. The van der Waals surface area contributed by atoms with E-state index in [2.05, 4.69) is 47.3 Å². The second-order valence-electron chi connectivity index (χ2n) is 27.2. The van der Waals surface area contributed by atoms with E-state index in [-0.39, 0.29) is 46.7 Å². The van der Waals surface area contributed by atoms with Gasteiger partial charge < -0.3 is 119 Å². The molecule has 0 spiro atoms. The van der Waals surface area contributed by atoms with Gasteiger partial charge in [0.05, 0.1) is 43.5 Å². The number of aliphatic hydroxyl groups is 14. The molecule has 0 aromatic rings. The van der Waals surface area contributed by atoms with Crippen LogP contribution in [0.15, 0.2) is 23.8 Å². The van der Waals surface area contributed by atoms with Crippen LogP contribution >= 0.6 is 0 Å². The van der Waals surface area contributed by atoms with Gasteiger partial charge in [0.25, 0.3) is 0 Å². The van der Waals surface area contributed by atoms with Crippen LogP contribution in [0.1, 0.15) is 113 Å². The highest BCUT2D eigenvalue weighted by Crippen LogP contribution is 2.75. The second-order valence-corrected chi connectivity index (χ2v) is 27.2. The second kappa shape index (κ2) is 23.8. The van der Waals surface area contributed by atoms with Gasteiger partial charge in [-0.05, 0) is 112 Å². The van der Waals surface area contributed by atoms with Crippen molar-refractivity contribution < 1.29 is 124 Å². The maximum atomic E-state index is 15.1. The van der Waals surface area contributed by atoms with Crippen LogP contribution in [0, 0.1) is 44.8 Å². The van der Waals surface area contributed by atoms with E-state index in [0.29, 0.717) is 38.5 Å². The molecule has 5 saturated heterocycles. The molecule has 25 heteroatoms. The fourth-order valence-corrected chi connectivity index (χ4v) is 17.1. The molecule has 0 unspecified atom stereocenters. The van der Waals surface area contributed by atoms with Crippen LogP contribution < -0.4 is 0 Å². The summed E-state index contributed by atoms with van der Waals surface area (Å²) in [6.07, 6.45) is -28.6. The molecule has 32 atom stereocenters. The highest BCUT2D eigenvalue weighted by atomic mass is 16.8. The molecule has 5 aliphatic carbocycles. The summed E-state index contributed by atoms with van der Waals surface area (Å²) in [5, 5.41) is 151. The van der Waals surface area contributed by atoms with Gasteiger partial charge in [-0.2, -0.15) is 0 Å². The van der Waals surface area contributed by atoms with Gasteiger partial charge >= 0.3 is 5.97 Å². The van der Waals surface area contributed by atoms with Crippen molar-refractivity contribution in [2.24, 2.45) is 44.8 Å². The summed E-state index contributed by atoms with van der Waals surface area (Å²) in [6, 6.07) is 0. The smallest absolute Gasteiger partial charge is 0.315 e.